The van der Waals surface area contributed by atoms with Crippen molar-refractivity contribution in [3.05, 3.63) is 0 Å². The molecule has 0 aromatic rings. The molecule has 5 heteroatoms. The Morgan fingerprint density at radius 3 is 2.45 bits per heavy atom. The summed E-state index contributed by atoms with van der Waals surface area (Å²) >= 11 is 11.3. The second-order valence-corrected chi connectivity index (χ2v) is 6.83. The molecule has 0 aliphatic heterocycles. The Bertz CT molecular complexity index is 83.0. The van der Waals surface area contributed by atoms with Crippen LogP contribution < -0.4 is 11.1 Å². The van der Waals surface area contributed by atoms with Crippen molar-refractivity contribution in [2.75, 3.05) is 19.6 Å². The zero-order valence-corrected chi connectivity index (χ0v) is 9.09. The molecule has 11 heavy (non-hydrogen) atoms. The van der Waals surface area contributed by atoms with Crippen LogP contribution in [-0.2, 0) is 0 Å². The third-order valence-corrected chi connectivity index (χ3v) is 3.16. The van der Waals surface area contributed by atoms with E-state index in [0.717, 1.165) is 32.0 Å². The largest absolute Gasteiger partial charge is 0.329 e. The molecular formula is C6H15Cl2N2Si. The molecular weight excluding hydrogens is 199 g/mol. The monoisotopic (exact) mass is 213 g/mol. The standard InChI is InChI=1S/C6H15Cl2N2Si/c7-11(8)6-2-1-4-10-5-3-9/h10H,1-6,9H2. The summed E-state index contributed by atoms with van der Waals surface area (Å²) in [6.07, 6.45) is 2.27. The lowest BCUT2D eigenvalue weighted by molar-refractivity contribution is 0.645. The summed E-state index contributed by atoms with van der Waals surface area (Å²) < 4.78 is 0. The predicted octanol–water partition coefficient (Wildman–Crippen LogP) is 1.28. The fraction of sp³-hybridized carbons (Fsp3) is 1.00. The number of unbranched alkanes of at least 4 members (excludes halogenated alkanes) is 1. The van der Waals surface area contributed by atoms with Crippen molar-refractivity contribution in [3.8, 4) is 0 Å². The molecule has 0 bridgehead atoms. The van der Waals surface area contributed by atoms with E-state index in [0.29, 0.717) is 6.54 Å². The van der Waals surface area contributed by atoms with Crippen LogP contribution in [-0.4, -0.2) is 27.1 Å². The van der Waals surface area contributed by atoms with E-state index in [1.54, 1.807) is 0 Å². The average molecular weight is 214 g/mol. The van der Waals surface area contributed by atoms with Crippen LogP contribution in [0.5, 0.6) is 0 Å². The third kappa shape index (κ3) is 10.7. The number of hydrogen-bond acceptors (Lipinski definition) is 2. The number of rotatable bonds is 7. The SMILES string of the molecule is NCCNCCCC[Si](Cl)Cl. The molecule has 3 N–H and O–H groups in total. The molecule has 0 aromatic heterocycles. The number of halogens is 2. The fourth-order valence-corrected chi connectivity index (χ4v) is 2.05. The Labute approximate surface area is 79.4 Å². The maximum Gasteiger partial charge on any atom is 0.273 e. The highest BCUT2D eigenvalue weighted by Crippen LogP contribution is 2.07. The van der Waals surface area contributed by atoms with Crippen LogP contribution >= 0.6 is 22.2 Å². The smallest absolute Gasteiger partial charge is 0.273 e. The van der Waals surface area contributed by atoms with Crippen molar-refractivity contribution in [1.29, 1.82) is 0 Å². The van der Waals surface area contributed by atoms with Gasteiger partial charge in [0.25, 0.3) is 7.42 Å². The Morgan fingerprint density at radius 2 is 1.91 bits per heavy atom. The van der Waals surface area contributed by atoms with Gasteiger partial charge in [-0.1, -0.05) is 6.42 Å². The van der Waals surface area contributed by atoms with Crippen molar-refractivity contribution in [3.63, 3.8) is 0 Å². The summed E-state index contributed by atoms with van der Waals surface area (Å²) in [6, 6.07) is 0.984. The first kappa shape index (κ1) is 11.7. The Hall–Kier alpha value is 0.717. The average Bonchev–Trinajstić information content (AvgIpc) is 1.96. The molecule has 0 saturated carbocycles. The first-order valence-electron chi connectivity index (χ1n) is 3.85. The van der Waals surface area contributed by atoms with Gasteiger partial charge >= 0.3 is 0 Å². The summed E-state index contributed by atoms with van der Waals surface area (Å²) in [7, 11) is -1.04. The van der Waals surface area contributed by atoms with E-state index >= 15 is 0 Å². The molecule has 2 nitrogen and oxygen atoms in total. The van der Waals surface area contributed by atoms with E-state index in [4.69, 9.17) is 27.9 Å². The lowest BCUT2D eigenvalue weighted by atomic mass is 10.3. The third-order valence-electron chi connectivity index (χ3n) is 1.29. The van der Waals surface area contributed by atoms with Crippen LogP contribution in [0.1, 0.15) is 12.8 Å². The minimum atomic E-state index is -1.04. The zero-order valence-electron chi connectivity index (χ0n) is 6.58. The highest BCUT2D eigenvalue weighted by molar-refractivity contribution is 7.33. The van der Waals surface area contributed by atoms with Crippen LogP contribution in [0, 0.1) is 0 Å². The zero-order chi connectivity index (χ0) is 8.53. The maximum absolute atomic E-state index is 5.64. The van der Waals surface area contributed by atoms with Gasteiger partial charge in [0.05, 0.1) is 0 Å². The molecule has 0 aromatic carbocycles. The molecule has 0 rings (SSSR count). The summed E-state index contributed by atoms with van der Waals surface area (Å²) in [5, 5.41) is 3.21. The molecule has 0 spiro atoms. The summed E-state index contributed by atoms with van der Waals surface area (Å²) in [5.74, 6) is 0. The molecule has 0 heterocycles. The van der Waals surface area contributed by atoms with E-state index in [1.807, 2.05) is 0 Å². The van der Waals surface area contributed by atoms with Crippen LogP contribution in [0.4, 0.5) is 0 Å². The number of hydrogen-bond donors (Lipinski definition) is 2. The number of nitrogens with one attached hydrogen (secondary N) is 1. The molecule has 0 aliphatic rings. The fourth-order valence-electron chi connectivity index (χ4n) is 0.736. The second-order valence-electron chi connectivity index (χ2n) is 2.33. The van der Waals surface area contributed by atoms with E-state index in [1.165, 1.54) is 0 Å². The Balaban J connectivity index is 2.80. The Morgan fingerprint density at radius 1 is 1.18 bits per heavy atom. The topological polar surface area (TPSA) is 38.0 Å². The molecule has 67 valence electrons. The minimum Gasteiger partial charge on any atom is -0.329 e. The van der Waals surface area contributed by atoms with Gasteiger partial charge in [-0.2, -0.15) is 0 Å². The molecule has 0 aliphatic carbocycles. The van der Waals surface area contributed by atoms with Crippen molar-refractivity contribution in [1.82, 2.24) is 5.32 Å². The van der Waals surface area contributed by atoms with Crippen molar-refractivity contribution in [2.24, 2.45) is 5.73 Å². The molecule has 0 saturated heterocycles. The maximum atomic E-state index is 5.64. The highest BCUT2D eigenvalue weighted by atomic mass is 35.7. The van der Waals surface area contributed by atoms with Gasteiger partial charge in [0.1, 0.15) is 0 Å². The van der Waals surface area contributed by atoms with Gasteiger partial charge in [-0.25, -0.2) is 0 Å². The quantitative estimate of drug-likeness (QED) is 0.380. The van der Waals surface area contributed by atoms with Gasteiger partial charge in [-0.15, -0.1) is 22.2 Å². The van der Waals surface area contributed by atoms with Gasteiger partial charge < -0.3 is 11.1 Å². The van der Waals surface area contributed by atoms with Gasteiger partial charge in [-0.05, 0) is 19.0 Å². The molecule has 0 fully saturated rings. The van der Waals surface area contributed by atoms with E-state index in [-0.39, 0.29) is 0 Å². The van der Waals surface area contributed by atoms with Crippen LogP contribution in [0.3, 0.4) is 0 Å². The van der Waals surface area contributed by atoms with E-state index in [9.17, 15) is 0 Å². The van der Waals surface area contributed by atoms with Crippen molar-refractivity contribution >= 4 is 29.6 Å². The van der Waals surface area contributed by atoms with Crippen LogP contribution in [0.25, 0.3) is 0 Å². The van der Waals surface area contributed by atoms with Gasteiger partial charge in [0.2, 0.25) is 0 Å². The van der Waals surface area contributed by atoms with Crippen LogP contribution in [0.15, 0.2) is 0 Å². The molecule has 0 atom stereocenters. The predicted molar refractivity (Wildman–Crippen MR) is 53.4 cm³/mol. The van der Waals surface area contributed by atoms with Crippen molar-refractivity contribution in [2.45, 2.75) is 18.9 Å². The van der Waals surface area contributed by atoms with Crippen molar-refractivity contribution < 1.29 is 0 Å². The Kier molecular flexibility index (Phi) is 9.38. The first-order valence-corrected chi connectivity index (χ1v) is 7.58. The summed E-state index contributed by atoms with van der Waals surface area (Å²) in [4.78, 5) is 0. The lowest BCUT2D eigenvalue weighted by Crippen LogP contribution is -2.23. The highest BCUT2D eigenvalue weighted by Gasteiger charge is 2.01. The number of nitrogens with two attached hydrogens (primary N) is 1. The molecule has 0 unspecified atom stereocenters. The van der Waals surface area contributed by atoms with E-state index in [2.05, 4.69) is 5.32 Å². The summed E-state index contributed by atoms with van der Waals surface area (Å²) in [5.41, 5.74) is 5.29. The minimum absolute atomic E-state index is 0.708. The van der Waals surface area contributed by atoms with Gasteiger partial charge in [0.15, 0.2) is 0 Å². The molecule has 1 radical (unpaired) electrons. The first-order chi connectivity index (χ1) is 5.27. The van der Waals surface area contributed by atoms with E-state index < -0.39 is 7.42 Å². The molecule has 0 amide bonds. The van der Waals surface area contributed by atoms with Crippen LogP contribution in [0.2, 0.25) is 6.04 Å². The lowest BCUT2D eigenvalue weighted by Gasteiger charge is -2.01. The normalized spacial score (nSPS) is 10.9. The summed E-state index contributed by atoms with van der Waals surface area (Å²) in [6.45, 7) is 2.64. The second kappa shape index (κ2) is 8.81. The van der Waals surface area contributed by atoms with Gasteiger partial charge in [0, 0.05) is 13.1 Å². The van der Waals surface area contributed by atoms with Gasteiger partial charge in [-0.3, -0.25) is 0 Å².